The number of piperidine rings is 1. The van der Waals surface area contributed by atoms with Crippen LogP contribution in [-0.4, -0.2) is 154 Å². The third kappa shape index (κ3) is 7.86. The number of nitrogens with zero attached hydrogens (tertiary/aromatic N) is 1. The second-order valence-corrected chi connectivity index (χ2v) is 37.6. The number of epoxide rings is 1. The molecule has 20 rings (SSSR count). The van der Waals surface area contributed by atoms with E-state index in [4.69, 9.17) is 9.47 Å². The number of allylic oxidation sites excluding steroid dienone is 4. The van der Waals surface area contributed by atoms with Crippen molar-refractivity contribution >= 4 is 39.0 Å². The van der Waals surface area contributed by atoms with Gasteiger partial charge in [-0.2, -0.15) is 0 Å². The van der Waals surface area contributed by atoms with Gasteiger partial charge in [-0.05, 0) is 209 Å². The zero-order chi connectivity index (χ0) is 66.4. The van der Waals surface area contributed by atoms with E-state index in [0.29, 0.717) is 106 Å². The van der Waals surface area contributed by atoms with Crippen LogP contribution >= 0.6 is 21.6 Å². The maximum absolute atomic E-state index is 17.3. The molecular weight excluding hydrogens is 1250 g/mol. The Hall–Kier alpha value is -3.32. The number of hydrogen-bond acceptors (Lipinski definition) is 16. The monoisotopic (exact) mass is 1350 g/mol. The summed E-state index contributed by atoms with van der Waals surface area (Å²) < 4.78 is 13.1. The number of phenols is 1. The van der Waals surface area contributed by atoms with Crippen LogP contribution in [0.4, 0.5) is 5.69 Å². The number of carbonyl (C=O) groups is 2. The number of aryl methyl sites for hydroxylation is 1. The van der Waals surface area contributed by atoms with Gasteiger partial charge < -0.3 is 65.6 Å². The number of aromatic hydroxyl groups is 1. The van der Waals surface area contributed by atoms with Crippen LogP contribution in [0.3, 0.4) is 0 Å². The lowest BCUT2D eigenvalue weighted by atomic mass is 9.29. The fourth-order valence-corrected chi connectivity index (χ4v) is 31.3. The molecule has 6 spiro atoms. The molecule has 518 valence electrons. The van der Waals surface area contributed by atoms with Crippen LogP contribution in [-0.2, 0) is 25.5 Å². The summed E-state index contributed by atoms with van der Waals surface area (Å²) in [5.74, 6) is 4.84. The molecule has 0 radical (unpaired) electrons. The van der Waals surface area contributed by atoms with Gasteiger partial charge in [-0.3, -0.25) is 9.59 Å². The van der Waals surface area contributed by atoms with Crippen molar-refractivity contribution in [2.45, 2.75) is 227 Å². The molecule has 10 fully saturated rings. The molecule has 15 nitrogen and oxygen atoms in total. The molecule has 1 aromatic carbocycles. The predicted octanol–water partition coefficient (Wildman–Crippen LogP) is 8.82. The molecule has 11 bridgehead atoms. The highest BCUT2D eigenvalue weighted by atomic mass is 33.1. The zero-order valence-electron chi connectivity index (χ0n) is 56.4. The van der Waals surface area contributed by atoms with Gasteiger partial charge in [0.05, 0.1) is 47.5 Å². The molecular formula is C79H102N2O13S2. The fourth-order valence-electron chi connectivity index (χ4n) is 28.2. The van der Waals surface area contributed by atoms with E-state index in [2.05, 4.69) is 75.2 Å². The first-order valence-corrected chi connectivity index (χ1v) is 39.8. The Morgan fingerprint density at radius 1 is 0.885 bits per heavy atom. The molecule has 10 N–H and O–H groups in total. The van der Waals surface area contributed by atoms with E-state index in [1.165, 1.54) is 27.2 Å². The predicted molar refractivity (Wildman–Crippen MR) is 365 cm³/mol. The minimum absolute atomic E-state index is 0.0362. The van der Waals surface area contributed by atoms with E-state index in [1.54, 1.807) is 24.3 Å². The lowest BCUT2D eigenvalue weighted by Crippen LogP contribution is -2.82. The van der Waals surface area contributed by atoms with Crippen LogP contribution in [0, 0.1) is 121 Å². The number of phenolic OH excluding ortho intramolecular Hbond substituents is 1. The number of anilines is 1. The lowest BCUT2D eigenvalue weighted by Gasteiger charge is -2.76. The Morgan fingerprint density at radius 3 is 2.55 bits per heavy atom. The second kappa shape index (κ2) is 21.9. The molecule has 7 saturated carbocycles. The maximum Gasteiger partial charge on any atom is 0.234 e. The molecule has 8 heterocycles. The van der Waals surface area contributed by atoms with Gasteiger partial charge in [0.1, 0.15) is 34.6 Å². The standard InChI is InChI=1S/C79H102N2O13S2/c1-42(2)43(3)65-67(94-65)75(90)22-7-16-50-32-56-57-35-62(85)74(38-63(86)79(92)61(84)18-17-49-15-8-23-76(49,79)70(56,74)4)69(89)96-95-40-52-14-6-13-51(39-82)78(52)68(88)81(53-28-45(29-54(83)33-53)20-25-73(50)60(75)21-26-77(57,73)91)41-71(78)37-47-11-5-10-44-19-24-72(36-44)55-34-59-46(12-9-27-93-59)30-48(55)31-58(80-72)64(47)66(71)87/h7,9,12,16-18,28-30,33,35,42-44,47-52,55-56,58-61,63-67,69,80,82-84,86-87,89-92H,6,8,10,13-15,19-27,31-32,34,36-41H2,1-4H3/t43-,44-,47-,48+,49+,50-,51-,52+,55+,56+,58+,59+,60+,61+,63-,64+,65+,66+,67-,69-,70-,71+,72-,73-,74+,75-,76+,77-,78-,79-/m1/s1. The van der Waals surface area contributed by atoms with E-state index >= 15 is 9.59 Å². The molecule has 0 unspecified atom stereocenters. The van der Waals surface area contributed by atoms with Gasteiger partial charge in [0.2, 0.25) is 5.91 Å². The minimum atomic E-state index is -2.14. The third-order valence-corrected chi connectivity index (χ3v) is 34.9. The Bertz CT molecular complexity index is 3660. The average molecular weight is 1350 g/mol. The quantitative estimate of drug-likeness (QED) is 0.0585. The van der Waals surface area contributed by atoms with Crippen molar-refractivity contribution in [3.05, 3.63) is 83.5 Å². The highest BCUT2D eigenvalue weighted by molar-refractivity contribution is 8.76. The lowest BCUT2D eigenvalue weighted by molar-refractivity contribution is -0.330. The number of amides is 1. The summed E-state index contributed by atoms with van der Waals surface area (Å²) in [5.41, 5.74) is -12.3. The zero-order valence-corrected chi connectivity index (χ0v) is 58.0. The number of ether oxygens (including phenoxy) is 2. The number of aliphatic hydroxyl groups excluding tert-OH is 5. The molecule has 1 aromatic rings. The van der Waals surface area contributed by atoms with E-state index in [0.717, 1.165) is 44.1 Å². The van der Waals surface area contributed by atoms with Crippen molar-refractivity contribution in [3.8, 4) is 17.6 Å². The van der Waals surface area contributed by atoms with Crippen molar-refractivity contribution in [2.24, 2.45) is 109 Å². The Kier molecular flexibility index (Phi) is 14.7. The molecule has 11 aliphatic carbocycles. The van der Waals surface area contributed by atoms with Gasteiger partial charge in [-0.25, -0.2) is 0 Å². The molecule has 17 heteroatoms. The third-order valence-electron chi connectivity index (χ3n) is 32.3. The Balaban J connectivity index is 0.821. The first-order chi connectivity index (χ1) is 46.0. The van der Waals surface area contributed by atoms with Gasteiger partial charge in [0.15, 0.2) is 5.78 Å². The summed E-state index contributed by atoms with van der Waals surface area (Å²) >= 11 is 0. The summed E-state index contributed by atoms with van der Waals surface area (Å²) in [5, 5.41) is 126. The molecule has 1 amide bonds. The fraction of sp³-hybridized carbons (Fsp3) is 0.747. The molecule has 8 aliphatic heterocycles. The number of carbonyl (C=O) groups excluding carboxylic acids is 2. The smallest absolute Gasteiger partial charge is 0.234 e. The number of hydrogen-bond donors (Lipinski definition) is 10. The second-order valence-electron chi connectivity index (χ2n) is 35.1. The van der Waals surface area contributed by atoms with E-state index < -0.39 is 120 Å². The summed E-state index contributed by atoms with van der Waals surface area (Å²) in [6.45, 7) is 9.00. The van der Waals surface area contributed by atoms with E-state index in [9.17, 15) is 46.0 Å². The summed E-state index contributed by atoms with van der Waals surface area (Å²) in [6, 6.07) is 5.30. The van der Waals surface area contributed by atoms with Crippen molar-refractivity contribution in [3.63, 3.8) is 0 Å². The van der Waals surface area contributed by atoms with E-state index in [-0.39, 0.29) is 97.4 Å². The summed E-state index contributed by atoms with van der Waals surface area (Å²) in [4.78, 5) is 35.9. The van der Waals surface area contributed by atoms with Gasteiger partial charge in [-0.15, -0.1) is 5.92 Å². The van der Waals surface area contributed by atoms with Crippen molar-refractivity contribution in [1.29, 1.82) is 0 Å². The number of nitrogens with one attached hydrogen (secondary N) is 1. The van der Waals surface area contributed by atoms with Crippen LogP contribution < -0.4 is 10.2 Å². The minimum Gasteiger partial charge on any atom is -0.508 e. The van der Waals surface area contributed by atoms with Crippen LogP contribution in [0.2, 0.25) is 0 Å². The first kappa shape index (κ1) is 64.8. The number of fused-ring (bicyclic) bond motifs is 7. The topological polar surface area (TPSA) is 253 Å². The summed E-state index contributed by atoms with van der Waals surface area (Å²) in [7, 11) is 2.57. The SMILES string of the molecule is CC(C)[C@@H](C)[C@@H]1O[C@H]1[C@@]1(O)CC=C[C@@H]2C[C@H]3C4=CC(=O)[C@@]5(C[C@@H](O)[C@]6(O)[C@@H](O)C=C[C@@H]7CCC[C@@]76[C@]35C)[C@H](O)SSC[C@@H]3CCC[C@H](CO)[C@]35C(=O)N(C[C@]53C[C@H]5C#CC[C@@H]6CC[C@]7(C6)N[C@@H](C[C@@H]6C=C8C=CCO[C@H]8C[C@@H]67)[C@H]5[C@@H]3O)c3cc(O)cc(c3)CC[C@]23[C@@H]1CC[C@@]43O. The Labute approximate surface area is 573 Å². The van der Waals surface area contributed by atoms with Gasteiger partial charge in [0, 0.05) is 82.7 Å². The highest BCUT2D eigenvalue weighted by Crippen LogP contribution is 2.83. The largest absolute Gasteiger partial charge is 0.508 e. The van der Waals surface area contributed by atoms with Crippen molar-refractivity contribution in [2.75, 3.05) is 30.4 Å². The van der Waals surface area contributed by atoms with E-state index in [1.807, 2.05) is 17.0 Å². The number of aliphatic hydroxyl groups is 8. The number of ketones is 1. The van der Waals surface area contributed by atoms with Crippen molar-refractivity contribution < 1.29 is 65.0 Å². The Morgan fingerprint density at radius 2 is 1.73 bits per heavy atom. The van der Waals surface area contributed by atoms with Gasteiger partial charge in [-0.1, -0.05) is 111 Å². The molecule has 0 aromatic heterocycles. The highest BCUT2D eigenvalue weighted by Gasteiger charge is 2.86. The van der Waals surface area contributed by atoms with Crippen LogP contribution in [0.15, 0.2) is 78.0 Å². The first-order valence-electron chi connectivity index (χ1n) is 37.4. The summed E-state index contributed by atoms with van der Waals surface area (Å²) in [6.07, 6.45) is 22.4. The van der Waals surface area contributed by atoms with Crippen LogP contribution in [0.25, 0.3) is 0 Å². The van der Waals surface area contributed by atoms with Crippen LogP contribution in [0.1, 0.15) is 155 Å². The number of rotatable bonds is 4. The van der Waals surface area contributed by atoms with Gasteiger partial charge >= 0.3 is 0 Å². The van der Waals surface area contributed by atoms with Crippen LogP contribution in [0.5, 0.6) is 5.75 Å². The number of benzene rings is 1. The van der Waals surface area contributed by atoms with Crippen molar-refractivity contribution in [1.82, 2.24) is 5.32 Å². The maximum atomic E-state index is 17.3. The van der Waals surface area contributed by atoms with Gasteiger partial charge in [0.25, 0.3) is 0 Å². The normalized spacial score (nSPS) is 54.0. The molecule has 96 heavy (non-hydrogen) atoms. The molecule has 30 atom stereocenters. The molecule has 3 saturated heterocycles. The molecule has 19 aliphatic rings. The average Bonchev–Trinajstić information content (AvgIpc) is 1.04.